The fourth-order valence-electron chi connectivity index (χ4n) is 7.31. The maximum atomic E-state index is 12.7. The summed E-state index contributed by atoms with van der Waals surface area (Å²) in [5.74, 6) is -0.326. The lowest BCUT2D eigenvalue weighted by Gasteiger charge is -2.28. The highest BCUT2D eigenvalue weighted by Crippen LogP contribution is 2.38. The first kappa shape index (κ1) is 56.5. The molecule has 0 amide bonds. The average Bonchev–Trinajstić information content (AvgIpc) is 3.16. The van der Waals surface area contributed by atoms with Crippen LogP contribution in [0.5, 0.6) is 0 Å². The van der Waals surface area contributed by atoms with E-state index in [1.165, 1.54) is 193 Å². The van der Waals surface area contributed by atoms with E-state index in [1.807, 2.05) is 21.1 Å². The zero-order valence-electron chi connectivity index (χ0n) is 38.8. The molecule has 0 bridgehead atoms. The summed E-state index contributed by atoms with van der Waals surface area (Å²) < 4.78 is 34.7. The number of carbonyl (C=O) groups is 1. The molecule has 0 aliphatic rings. The predicted octanol–water partition coefficient (Wildman–Crippen LogP) is 14.2. The maximum Gasteiger partial charge on any atom is 0.306 e. The van der Waals surface area contributed by atoms with Crippen LogP contribution in [-0.2, 0) is 27.9 Å². The van der Waals surface area contributed by atoms with Gasteiger partial charge in [-0.15, -0.1) is 0 Å². The molecular formula is C48H98NO7P. The SMILES string of the molecule is CCCCCCCCCCCCCCCCCCCCCCCC(=O)OC(COCCCCCCCCCCCCCCCC)COP(=O)([O-])OCC[N+](C)(C)C. The molecule has 0 saturated carbocycles. The van der Waals surface area contributed by atoms with Crippen LogP contribution < -0.4 is 4.89 Å². The van der Waals surface area contributed by atoms with E-state index in [9.17, 15) is 14.3 Å². The molecule has 2 unspecified atom stereocenters. The van der Waals surface area contributed by atoms with Crippen LogP contribution in [0.15, 0.2) is 0 Å². The highest BCUT2D eigenvalue weighted by Gasteiger charge is 2.20. The van der Waals surface area contributed by atoms with Crippen LogP contribution in [0.3, 0.4) is 0 Å². The second kappa shape index (κ2) is 42.2. The lowest BCUT2D eigenvalue weighted by Crippen LogP contribution is -2.37. The Morgan fingerprint density at radius 2 is 0.807 bits per heavy atom. The summed E-state index contributed by atoms with van der Waals surface area (Å²) in [7, 11) is 1.38. The number of hydrogen-bond acceptors (Lipinski definition) is 7. The third kappa shape index (κ3) is 46.4. The van der Waals surface area contributed by atoms with Crippen LogP contribution in [0, 0.1) is 0 Å². The van der Waals surface area contributed by atoms with Crippen molar-refractivity contribution in [1.82, 2.24) is 0 Å². The van der Waals surface area contributed by atoms with E-state index in [-0.39, 0.29) is 25.8 Å². The third-order valence-corrected chi connectivity index (χ3v) is 12.1. The van der Waals surface area contributed by atoms with Crippen molar-refractivity contribution in [3.63, 3.8) is 0 Å². The third-order valence-electron chi connectivity index (χ3n) is 11.2. The first-order valence-corrected chi connectivity index (χ1v) is 26.2. The molecule has 9 heteroatoms. The molecule has 0 spiro atoms. The highest BCUT2D eigenvalue weighted by molar-refractivity contribution is 7.45. The van der Waals surface area contributed by atoms with Crippen molar-refractivity contribution in [1.29, 1.82) is 0 Å². The van der Waals surface area contributed by atoms with Crippen molar-refractivity contribution in [3.05, 3.63) is 0 Å². The number of likely N-dealkylation sites (N-methyl/N-ethyl adjacent to an activating group) is 1. The van der Waals surface area contributed by atoms with Gasteiger partial charge < -0.3 is 27.9 Å². The molecule has 0 aromatic heterocycles. The number of rotatable bonds is 47. The summed E-state index contributed by atoms with van der Waals surface area (Å²) in [5, 5.41) is 0. The lowest BCUT2D eigenvalue weighted by molar-refractivity contribution is -0.870. The van der Waals surface area contributed by atoms with Gasteiger partial charge in [-0.25, -0.2) is 0 Å². The standard InChI is InChI=1S/C48H98NO7P/c1-6-8-10-12-14-16-18-20-22-23-24-25-26-27-28-29-31-33-35-37-39-41-48(50)56-47(46-55-57(51,52)54-44-42-49(3,4)5)45-53-43-40-38-36-34-32-30-21-19-17-15-13-11-9-7-2/h47H,6-46H2,1-5H3. The fraction of sp³-hybridized carbons (Fsp3) is 0.979. The van der Waals surface area contributed by atoms with Gasteiger partial charge in [0.2, 0.25) is 0 Å². The second-order valence-electron chi connectivity index (χ2n) is 18.2. The minimum absolute atomic E-state index is 0.0316. The highest BCUT2D eigenvalue weighted by atomic mass is 31.2. The van der Waals surface area contributed by atoms with Gasteiger partial charge in [0.05, 0.1) is 34.4 Å². The minimum Gasteiger partial charge on any atom is -0.756 e. The summed E-state index contributed by atoms with van der Waals surface area (Å²) in [5.41, 5.74) is 0. The molecule has 0 aliphatic heterocycles. The van der Waals surface area contributed by atoms with Gasteiger partial charge in [0, 0.05) is 13.0 Å². The number of quaternary nitrogens is 1. The van der Waals surface area contributed by atoms with E-state index in [0.29, 0.717) is 24.1 Å². The Morgan fingerprint density at radius 1 is 0.474 bits per heavy atom. The van der Waals surface area contributed by atoms with Crippen molar-refractivity contribution in [2.24, 2.45) is 0 Å². The van der Waals surface area contributed by atoms with E-state index in [4.69, 9.17) is 18.5 Å². The van der Waals surface area contributed by atoms with Crippen LogP contribution >= 0.6 is 7.82 Å². The number of ether oxygens (including phenoxy) is 2. The van der Waals surface area contributed by atoms with E-state index < -0.39 is 13.9 Å². The molecule has 342 valence electrons. The average molecular weight is 832 g/mol. The van der Waals surface area contributed by atoms with Gasteiger partial charge in [-0.3, -0.25) is 9.36 Å². The monoisotopic (exact) mass is 832 g/mol. The van der Waals surface area contributed by atoms with Gasteiger partial charge in [-0.05, 0) is 12.8 Å². The summed E-state index contributed by atoms with van der Waals surface area (Å²) in [6.07, 6.45) is 45.5. The number of esters is 1. The molecule has 0 rings (SSSR count). The van der Waals surface area contributed by atoms with Crippen LogP contribution in [0.25, 0.3) is 0 Å². The van der Waals surface area contributed by atoms with Crippen molar-refractivity contribution in [2.45, 2.75) is 251 Å². The van der Waals surface area contributed by atoms with E-state index >= 15 is 0 Å². The van der Waals surface area contributed by atoms with Gasteiger partial charge in [-0.2, -0.15) is 0 Å². The Morgan fingerprint density at radius 3 is 1.16 bits per heavy atom. The lowest BCUT2D eigenvalue weighted by atomic mass is 10.0. The summed E-state index contributed by atoms with van der Waals surface area (Å²) in [4.78, 5) is 25.1. The molecule has 8 nitrogen and oxygen atoms in total. The zero-order valence-corrected chi connectivity index (χ0v) is 39.7. The van der Waals surface area contributed by atoms with Crippen molar-refractivity contribution in [2.75, 3.05) is 54.1 Å². The molecule has 0 radical (unpaired) electrons. The van der Waals surface area contributed by atoms with Crippen molar-refractivity contribution in [3.8, 4) is 0 Å². The Balaban J connectivity index is 4.08. The molecule has 0 aromatic rings. The fourth-order valence-corrected chi connectivity index (χ4v) is 8.04. The number of unbranched alkanes of at least 4 members (excludes halogenated alkanes) is 33. The number of phosphoric ester groups is 1. The normalized spacial score (nSPS) is 13.6. The predicted molar refractivity (Wildman–Crippen MR) is 241 cm³/mol. The Bertz CT molecular complexity index is 883. The molecular weight excluding hydrogens is 734 g/mol. The van der Waals surface area contributed by atoms with Crippen LogP contribution in [-0.4, -0.2) is 70.7 Å². The second-order valence-corrected chi connectivity index (χ2v) is 19.6. The number of hydrogen-bond donors (Lipinski definition) is 0. The molecule has 0 fully saturated rings. The van der Waals surface area contributed by atoms with Gasteiger partial charge in [-0.1, -0.05) is 226 Å². The largest absolute Gasteiger partial charge is 0.756 e. The first-order chi connectivity index (χ1) is 27.6. The number of carbonyl (C=O) groups excluding carboxylic acids is 1. The van der Waals surface area contributed by atoms with Crippen molar-refractivity contribution >= 4 is 13.8 Å². The van der Waals surface area contributed by atoms with E-state index in [0.717, 1.165) is 32.1 Å². The van der Waals surface area contributed by atoms with Crippen molar-refractivity contribution < 1.29 is 37.3 Å². The molecule has 0 heterocycles. The molecule has 0 aromatic carbocycles. The van der Waals surface area contributed by atoms with Crippen LogP contribution in [0.1, 0.15) is 245 Å². The summed E-state index contributed by atoms with van der Waals surface area (Å²) >= 11 is 0. The topological polar surface area (TPSA) is 94.1 Å². The minimum atomic E-state index is -4.52. The van der Waals surface area contributed by atoms with E-state index in [2.05, 4.69) is 13.8 Å². The quantitative estimate of drug-likeness (QED) is 0.0261. The maximum absolute atomic E-state index is 12.7. The molecule has 0 saturated heterocycles. The van der Waals surface area contributed by atoms with E-state index in [1.54, 1.807) is 0 Å². The van der Waals surface area contributed by atoms with Crippen LogP contribution in [0.4, 0.5) is 0 Å². The Labute approximate surface area is 355 Å². The van der Waals surface area contributed by atoms with Gasteiger partial charge >= 0.3 is 5.97 Å². The zero-order chi connectivity index (χ0) is 42.0. The molecule has 57 heavy (non-hydrogen) atoms. The summed E-state index contributed by atoms with van der Waals surface area (Å²) in [6, 6.07) is 0. The smallest absolute Gasteiger partial charge is 0.306 e. The van der Waals surface area contributed by atoms with Gasteiger partial charge in [0.15, 0.2) is 0 Å². The Kier molecular flexibility index (Phi) is 41.8. The number of phosphoric acid groups is 1. The molecule has 0 aliphatic carbocycles. The Hall–Kier alpha value is -0.500. The molecule has 2 atom stereocenters. The van der Waals surface area contributed by atoms with Gasteiger partial charge in [0.25, 0.3) is 7.82 Å². The molecule has 0 N–H and O–H groups in total. The summed E-state index contributed by atoms with van der Waals surface area (Å²) in [6.45, 7) is 5.48. The first-order valence-electron chi connectivity index (χ1n) is 24.8. The van der Waals surface area contributed by atoms with Gasteiger partial charge in [0.1, 0.15) is 19.3 Å². The number of nitrogens with zero attached hydrogens (tertiary/aromatic N) is 1. The van der Waals surface area contributed by atoms with Crippen LogP contribution in [0.2, 0.25) is 0 Å².